The maximum Gasteiger partial charge on any atom is 0.229 e. The summed E-state index contributed by atoms with van der Waals surface area (Å²) in [5.41, 5.74) is 4.61. The smallest absolute Gasteiger partial charge is 0.229 e. The lowest BCUT2D eigenvalue weighted by Gasteiger charge is -2.37. The zero-order valence-electron chi connectivity index (χ0n) is 14.4. The number of nitrogens with zero attached hydrogens (tertiary/aromatic N) is 2. The maximum absolute atomic E-state index is 13.0. The number of carbonyl (C=O) groups excluding carboxylic acids is 2. The van der Waals surface area contributed by atoms with Gasteiger partial charge in [0.25, 0.3) is 0 Å². The molecule has 1 unspecified atom stereocenters. The van der Waals surface area contributed by atoms with Gasteiger partial charge in [0.15, 0.2) is 0 Å². The van der Waals surface area contributed by atoms with E-state index < -0.39 is 0 Å². The molecule has 0 saturated heterocycles. The van der Waals surface area contributed by atoms with Crippen LogP contribution in [-0.4, -0.2) is 29.8 Å². The van der Waals surface area contributed by atoms with E-state index in [0.717, 1.165) is 30.6 Å². The fraction of sp³-hybridized carbons (Fsp3) is 0.333. The molecule has 2 aromatic carbocycles. The number of benzene rings is 2. The SMILES string of the molecule is CC(=O)N1CCc2ccccc2C1CC(=O)N1CCc2ccccc21. The van der Waals surface area contributed by atoms with E-state index in [1.807, 2.05) is 40.1 Å². The van der Waals surface area contributed by atoms with E-state index in [1.54, 1.807) is 6.92 Å². The third-order valence-electron chi connectivity index (χ3n) is 5.37. The predicted octanol–water partition coefficient (Wildman–Crippen LogP) is 3.11. The molecule has 2 aliphatic heterocycles. The van der Waals surface area contributed by atoms with Crippen LogP contribution < -0.4 is 4.90 Å². The van der Waals surface area contributed by atoms with E-state index in [1.165, 1.54) is 11.1 Å². The number of amides is 2. The van der Waals surface area contributed by atoms with Gasteiger partial charge in [0, 0.05) is 25.7 Å². The summed E-state index contributed by atoms with van der Waals surface area (Å²) in [4.78, 5) is 28.9. The van der Waals surface area contributed by atoms with Gasteiger partial charge >= 0.3 is 0 Å². The van der Waals surface area contributed by atoms with Crippen molar-refractivity contribution in [3.63, 3.8) is 0 Å². The maximum atomic E-state index is 13.0. The van der Waals surface area contributed by atoms with Crippen LogP contribution in [0, 0.1) is 0 Å². The molecule has 0 aliphatic carbocycles. The first-order valence-corrected chi connectivity index (χ1v) is 8.88. The van der Waals surface area contributed by atoms with E-state index in [-0.39, 0.29) is 17.9 Å². The molecule has 4 heteroatoms. The van der Waals surface area contributed by atoms with E-state index in [0.29, 0.717) is 13.0 Å². The molecule has 4 nitrogen and oxygen atoms in total. The van der Waals surface area contributed by atoms with Crippen LogP contribution in [0.15, 0.2) is 48.5 Å². The third kappa shape index (κ3) is 2.82. The Morgan fingerprint density at radius 2 is 1.64 bits per heavy atom. The molecule has 1 atom stereocenters. The summed E-state index contributed by atoms with van der Waals surface area (Å²) in [5.74, 6) is 0.132. The normalized spacial score (nSPS) is 18.7. The minimum absolute atomic E-state index is 0.0362. The first-order chi connectivity index (χ1) is 12.1. The zero-order chi connectivity index (χ0) is 17.4. The molecule has 2 amide bonds. The van der Waals surface area contributed by atoms with Crippen molar-refractivity contribution in [1.82, 2.24) is 4.90 Å². The number of hydrogen-bond donors (Lipinski definition) is 0. The molecule has 0 bridgehead atoms. The molecule has 0 N–H and O–H groups in total. The molecule has 128 valence electrons. The van der Waals surface area contributed by atoms with Gasteiger partial charge in [0.1, 0.15) is 0 Å². The van der Waals surface area contributed by atoms with Gasteiger partial charge in [-0.3, -0.25) is 9.59 Å². The fourth-order valence-electron chi connectivity index (χ4n) is 4.12. The number of hydrogen-bond acceptors (Lipinski definition) is 2. The molecule has 0 radical (unpaired) electrons. The second kappa shape index (κ2) is 6.36. The van der Waals surface area contributed by atoms with Crippen LogP contribution in [0.25, 0.3) is 0 Å². The topological polar surface area (TPSA) is 40.6 Å². The average molecular weight is 334 g/mol. The Labute approximate surface area is 148 Å². The van der Waals surface area contributed by atoms with Gasteiger partial charge in [0.2, 0.25) is 11.8 Å². The molecule has 0 spiro atoms. The first-order valence-electron chi connectivity index (χ1n) is 8.88. The summed E-state index contributed by atoms with van der Waals surface area (Å²) in [7, 11) is 0. The number of fused-ring (bicyclic) bond motifs is 2. The molecule has 2 aliphatic rings. The van der Waals surface area contributed by atoms with Gasteiger partial charge in [-0.2, -0.15) is 0 Å². The minimum atomic E-state index is -0.164. The van der Waals surface area contributed by atoms with E-state index in [4.69, 9.17) is 0 Å². The van der Waals surface area contributed by atoms with Gasteiger partial charge in [-0.05, 0) is 35.6 Å². The van der Waals surface area contributed by atoms with E-state index in [2.05, 4.69) is 18.2 Å². The Bertz CT molecular complexity index is 830. The first kappa shape index (κ1) is 15.9. The minimum Gasteiger partial charge on any atom is -0.335 e. The summed E-state index contributed by atoms with van der Waals surface area (Å²) < 4.78 is 0. The van der Waals surface area contributed by atoms with Crippen molar-refractivity contribution in [1.29, 1.82) is 0 Å². The van der Waals surface area contributed by atoms with Crippen molar-refractivity contribution >= 4 is 17.5 Å². The zero-order valence-corrected chi connectivity index (χ0v) is 14.4. The molecular formula is C21H22N2O2. The lowest BCUT2D eigenvalue weighted by Crippen LogP contribution is -2.42. The number of carbonyl (C=O) groups is 2. The number of rotatable bonds is 2. The summed E-state index contributed by atoms with van der Waals surface area (Å²) in [5, 5.41) is 0. The fourth-order valence-corrected chi connectivity index (χ4v) is 4.12. The molecule has 0 fully saturated rings. The Morgan fingerprint density at radius 1 is 0.960 bits per heavy atom. The van der Waals surface area contributed by atoms with E-state index in [9.17, 15) is 9.59 Å². The second-order valence-electron chi connectivity index (χ2n) is 6.81. The van der Waals surface area contributed by atoms with Crippen molar-refractivity contribution < 1.29 is 9.59 Å². The highest BCUT2D eigenvalue weighted by atomic mass is 16.2. The molecule has 4 rings (SSSR count). The van der Waals surface area contributed by atoms with Crippen LogP contribution in [0.1, 0.15) is 36.1 Å². The van der Waals surface area contributed by atoms with Crippen LogP contribution >= 0.6 is 0 Å². The highest BCUT2D eigenvalue weighted by molar-refractivity contribution is 5.96. The highest BCUT2D eigenvalue weighted by Gasteiger charge is 2.33. The third-order valence-corrected chi connectivity index (χ3v) is 5.37. The van der Waals surface area contributed by atoms with Crippen LogP contribution in [0.2, 0.25) is 0 Å². The summed E-state index contributed by atoms with van der Waals surface area (Å²) >= 11 is 0. The van der Waals surface area contributed by atoms with Gasteiger partial charge in [-0.25, -0.2) is 0 Å². The van der Waals surface area contributed by atoms with Crippen LogP contribution in [0.5, 0.6) is 0 Å². The Morgan fingerprint density at radius 3 is 2.44 bits per heavy atom. The van der Waals surface area contributed by atoms with Crippen molar-refractivity contribution in [2.24, 2.45) is 0 Å². The van der Waals surface area contributed by atoms with E-state index >= 15 is 0 Å². The molecule has 2 aromatic rings. The lowest BCUT2D eigenvalue weighted by atomic mass is 9.90. The van der Waals surface area contributed by atoms with Crippen LogP contribution in [-0.2, 0) is 22.4 Å². The van der Waals surface area contributed by atoms with Crippen molar-refractivity contribution in [2.75, 3.05) is 18.0 Å². The largest absolute Gasteiger partial charge is 0.335 e. The van der Waals surface area contributed by atoms with Crippen LogP contribution in [0.3, 0.4) is 0 Å². The van der Waals surface area contributed by atoms with Gasteiger partial charge in [-0.15, -0.1) is 0 Å². The molecule has 0 saturated carbocycles. The second-order valence-corrected chi connectivity index (χ2v) is 6.81. The van der Waals surface area contributed by atoms with Crippen molar-refractivity contribution in [3.8, 4) is 0 Å². The highest BCUT2D eigenvalue weighted by Crippen LogP contribution is 2.35. The van der Waals surface area contributed by atoms with Gasteiger partial charge in [0.05, 0.1) is 12.5 Å². The van der Waals surface area contributed by atoms with Crippen molar-refractivity contribution in [3.05, 3.63) is 65.2 Å². The average Bonchev–Trinajstić information content (AvgIpc) is 3.06. The Kier molecular flexibility index (Phi) is 4.04. The standard InChI is InChI=1S/C21H22N2O2/c1-15(24)22-12-10-16-6-2-4-8-18(16)20(22)14-21(25)23-13-11-17-7-3-5-9-19(17)23/h2-9,20H,10-14H2,1H3. The van der Waals surface area contributed by atoms with Crippen LogP contribution in [0.4, 0.5) is 5.69 Å². The predicted molar refractivity (Wildman–Crippen MR) is 97.4 cm³/mol. The van der Waals surface area contributed by atoms with Gasteiger partial charge < -0.3 is 9.80 Å². The number of anilines is 1. The number of para-hydroxylation sites is 1. The summed E-state index contributed by atoms with van der Waals surface area (Å²) in [6.07, 6.45) is 2.09. The monoisotopic (exact) mass is 334 g/mol. The molecule has 0 aromatic heterocycles. The molecule has 2 heterocycles. The van der Waals surface area contributed by atoms with Gasteiger partial charge in [-0.1, -0.05) is 42.5 Å². The quantitative estimate of drug-likeness (QED) is 0.847. The molecule has 25 heavy (non-hydrogen) atoms. The Hall–Kier alpha value is -2.62. The molecular weight excluding hydrogens is 312 g/mol. The lowest BCUT2D eigenvalue weighted by molar-refractivity contribution is -0.132. The summed E-state index contributed by atoms with van der Waals surface area (Å²) in [6.45, 7) is 3.00. The van der Waals surface area contributed by atoms with Crippen molar-refractivity contribution in [2.45, 2.75) is 32.2 Å². The Balaban J connectivity index is 1.62. The summed E-state index contributed by atoms with van der Waals surface area (Å²) in [6, 6.07) is 16.1.